The maximum absolute atomic E-state index is 11.9. The van der Waals surface area contributed by atoms with E-state index in [0.29, 0.717) is 5.56 Å². The van der Waals surface area contributed by atoms with E-state index in [1.807, 2.05) is 38.1 Å². The average Bonchev–Trinajstić information content (AvgIpc) is 2.49. The molecule has 2 rings (SSSR count). The minimum absolute atomic E-state index is 0.308. The van der Waals surface area contributed by atoms with Crippen molar-refractivity contribution in [3.63, 3.8) is 0 Å². The van der Waals surface area contributed by atoms with Gasteiger partial charge in [0.05, 0.1) is 5.56 Å². The molecule has 0 unspecified atom stereocenters. The molecule has 1 N–H and O–H groups in total. The molecule has 2 aromatic rings. The van der Waals surface area contributed by atoms with Crippen molar-refractivity contribution in [2.75, 3.05) is 11.9 Å². The van der Waals surface area contributed by atoms with Gasteiger partial charge in [-0.25, -0.2) is 4.79 Å². The second-order valence-electron chi connectivity index (χ2n) is 4.88. The van der Waals surface area contributed by atoms with Crippen LogP contribution in [0.1, 0.15) is 21.5 Å². The van der Waals surface area contributed by atoms with Gasteiger partial charge in [0.25, 0.3) is 5.91 Å². The molecule has 0 spiro atoms. The number of anilines is 1. The lowest BCUT2D eigenvalue weighted by atomic mass is 10.1. The number of nitrogens with one attached hydrogen (secondary N) is 1. The van der Waals surface area contributed by atoms with Crippen LogP contribution in [0.4, 0.5) is 5.69 Å². The van der Waals surface area contributed by atoms with Gasteiger partial charge in [0, 0.05) is 9.26 Å². The molecule has 4 nitrogen and oxygen atoms in total. The number of hydrogen-bond acceptors (Lipinski definition) is 3. The zero-order valence-corrected chi connectivity index (χ0v) is 14.5. The van der Waals surface area contributed by atoms with Crippen LogP contribution in [0.5, 0.6) is 0 Å². The molecular formula is C17H16INO3. The molecular weight excluding hydrogens is 393 g/mol. The highest BCUT2D eigenvalue weighted by Crippen LogP contribution is 2.17. The van der Waals surface area contributed by atoms with E-state index in [2.05, 4.69) is 27.9 Å². The van der Waals surface area contributed by atoms with Gasteiger partial charge >= 0.3 is 5.97 Å². The van der Waals surface area contributed by atoms with E-state index in [1.165, 1.54) is 0 Å². The minimum Gasteiger partial charge on any atom is -0.452 e. The maximum atomic E-state index is 11.9. The van der Waals surface area contributed by atoms with E-state index in [9.17, 15) is 9.59 Å². The summed E-state index contributed by atoms with van der Waals surface area (Å²) in [5.41, 5.74) is 3.26. The van der Waals surface area contributed by atoms with Gasteiger partial charge in [-0.15, -0.1) is 0 Å². The molecule has 0 aliphatic carbocycles. The summed E-state index contributed by atoms with van der Waals surface area (Å²) in [6, 6.07) is 12.7. The fourth-order valence-corrected chi connectivity index (χ4v) is 2.45. The third-order valence-corrected chi connectivity index (χ3v) is 3.94. The molecule has 2 aromatic carbocycles. The molecule has 0 heterocycles. The van der Waals surface area contributed by atoms with Crippen molar-refractivity contribution in [1.29, 1.82) is 0 Å². The van der Waals surface area contributed by atoms with Crippen molar-refractivity contribution in [2.24, 2.45) is 0 Å². The molecule has 1 amide bonds. The number of ether oxygens (including phenoxy) is 1. The zero-order valence-electron chi connectivity index (χ0n) is 12.4. The summed E-state index contributed by atoms with van der Waals surface area (Å²) in [7, 11) is 0. The first-order valence-corrected chi connectivity index (χ1v) is 7.84. The number of carbonyl (C=O) groups excluding carboxylic acids is 2. The Labute approximate surface area is 143 Å². The number of carbonyl (C=O) groups is 2. The number of benzene rings is 2. The van der Waals surface area contributed by atoms with Crippen molar-refractivity contribution in [3.8, 4) is 0 Å². The highest BCUT2D eigenvalue weighted by atomic mass is 127. The predicted molar refractivity (Wildman–Crippen MR) is 94.0 cm³/mol. The molecule has 0 saturated carbocycles. The van der Waals surface area contributed by atoms with Crippen LogP contribution in [0.25, 0.3) is 0 Å². The summed E-state index contributed by atoms with van der Waals surface area (Å²) in [5.74, 6) is -0.859. The van der Waals surface area contributed by atoms with Crippen molar-refractivity contribution in [1.82, 2.24) is 0 Å². The fourth-order valence-electron chi connectivity index (χ4n) is 1.90. The maximum Gasteiger partial charge on any atom is 0.338 e. The van der Waals surface area contributed by atoms with Crippen molar-refractivity contribution in [2.45, 2.75) is 13.8 Å². The summed E-state index contributed by atoms with van der Waals surface area (Å²) < 4.78 is 5.97. The van der Waals surface area contributed by atoms with Crippen LogP contribution in [0, 0.1) is 17.4 Å². The molecule has 0 atom stereocenters. The lowest BCUT2D eigenvalue weighted by Crippen LogP contribution is -2.21. The lowest BCUT2D eigenvalue weighted by Gasteiger charge is -2.10. The number of rotatable bonds is 4. The van der Waals surface area contributed by atoms with Gasteiger partial charge in [-0.3, -0.25) is 4.79 Å². The fraction of sp³-hybridized carbons (Fsp3) is 0.176. The number of aryl methyl sites for hydroxylation is 1. The van der Waals surface area contributed by atoms with Gasteiger partial charge < -0.3 is 10.1 Å². The van der Waals surface area contributed by atoms with Crippen LogP contribution in [0.15, 0.2) is 42.5 Å². The molecule has 0 bridgehead atoms. The Kier molecular flexibility index (Phi) is 5.54. The third-order valence-electron chi connectivity index (χ3n) is 3.27. The summed E-state index contributed by atoms with van der Waals surface area (Å²) in [6.07, 6.45) is 0. The predicted octanol–water partition coefficient (Wildman–Crippen LogP) is 3.70. The van der Waals surface area contributed by atoms with Crippen LogP contribution >= 0.6 is 22.6 Å². The molecule has 0 aromatic heterocycles. The van der Waals surface area contributed by atoms with Crippen molar-refractivity contribution in [3.05, 3.63) is 62.7 Å². The Morgan fingerprint density at radius 2 is 1.86 bits per heavy atom. The standard InChI is InChI=1S/C17H16INO3/c1-11-5-3-8-15(12(11)2)19-16(20)10-22-17(21)13-6-4-7-14(18)9-13/h3-9H,10H2,1-2H3,(H,19,20). The minimum atomic E-state index is -0.505. The second-order valence-corrected chi connectivity index (χ2v) is 6.13. The van der Waals surface area contributed by atoms with Gasteiger partial charge in [-0.1, -0.05) is 18.2 Å². The Morgan fingerprint density at radius 1 is 1.14 bits per heavy atom. The molecule has 22 heavy (non-hydrogen) atoms. The van der Waals surface area contributed by atoms with Crippen molar-refractivity contribution < 1.29 is 14.3 Å². The first-order chi connectivity index (χ1) is 10.5. The van der Waals surface area contributed by atoms with Crippen molar-refractivity contribution >= 4 is 40.2 Å². The quantitative estimate of drug-likeness (QED) is 0.619. The van der Waals surface area contributed by atoms with Crippen LogP contribution in [0.3, 0.4) is 0 Å². The average molecular weight is 409 g/mol. The first kappa shape index (κ1) is 16.5. The Balaban J connectivity index is 1.93. The normalized spacial score (nSPS) is 10.1. The highest BCUT2D eigenvalue weighted by molar-refractivity contribution is 14.1. The Hall–Kier alpha value is -1.89. The summed E-state index contributed by atoms with van der Waals surface area (Å²) in [4.78, 5) is 23.8. The largest absolute Gasteiger partial charge is 0.452 e. The SMILES string of the molecule is Cc1cccc(NC(=O)COC(=O)c2cccc(I)c2)c1C. The number of amides is 1. The smallest absolute Gasteiger partial charge is 0.338 e. The van der Waals surface area contributed by atoms with E-state index < -0.39 is 5.97 Å². The van der Waals surface area contributed by atoms with Gasteiger partial charge in [0.2, 0.25) is 0 Å². The summed E-state index contributed by atoms with van der Waals surface area (Å²) in [5, 5.41) is 2.75. The molecule has 114 valence electrons. The van der Waals surface area contributed by atoms with E-state index >= 15 is 0 Å². The summed E-state index contributed by atoms with van der Waals surface area (Å²) >= 11 is 2.12. The van der Waals surface area contributed by atoms with Gasteiger partial charge in [-0.05, 0) is 71.8 Å². The Morgan fingerprint density at radius 3 is 2.59 bits per heavy atom. The topological polar surface area (TPSA) is 55.4 Å². The van der Waals surface area contributed by atoms with E-state index in [4.69, 9.17) is 4.74 Å². The second kappa shape index (κ2) is 7.40. The van der Waals surface area contributed by atoms with Gasteiger partial charge in [0.1, 0.15) is 0 Å². The number of esters is 1. The summed E-state index contributed by atoms with van der Waals surface area (Å²) in [6.45, 7) is 3.60. The first-order valence-electron chi connectivity index (χ1n) is 6.76. The number of hydrogen-bond donors (Lipinski definition) is 1. The highest BCUT2D eigenvalue weighted by Gasteiger charge is 2.11. The molecule has 5 heteroatoms. The molecule has 0 radical (unpaired) electrons. The Bertz CT molecular complexity index is 713. The lowest BCUT2D eigenvalue weighted by molar-refractivity contribution is -0.119. The molecule has 0 aliphatic heterocycles. The molecule has 0 saturated heterocycles. The van der Waals surface area contributed by atoms with Crippen LogP contribution < -0.4 is 5.32 Å². The van der Waals surface area contributed by atoms with Crippen LogP contribution in [-0.2, 0) is 9.53 Å². The van der Waals surface area contributed by atoms with E-state index in [-0.39, 0.29) is 12.5 Å². The zero-order chi connectivity index (χ0) is 16.1. The van der Waals surface area contributed by atoms with E-state index in [1.54, 1.807) is 18.2 Å². The monoisotopic (exact) mass is 409 g/mol. The molecule has 0 aliphatic rings. The third kappa shape index (κ3) is 4.30. The molecule has 0 fully saturated rings. The number of halogens is 1. The van der Waals surface area contributed by atoms with Crippen LogP contribution in [0.2, 0.25) is 0 Å². The van der Waals surface area contributed by atoms with E-state index in [0.717, 1.165) is 20.4 Å². The van der Waals surface area contributed by atoms with Gasteiger partial charge in [-0.2, -0.15) is 0 Å². The van der Waals surface area contributed by atoms with Gasteiger partial charge in [0.15, 0.2) is 6.61 Å². The van der Waals surface area contributed by atoms with Crippen LogP contribution in [-0.4, -0.2) is 18.5 Å².